The molecule has 22 heavy (non-hydrogen) atoms. The van der Waals surface area contributed by atoms with Crippen LogP contribution in [-0.2, 0) is 14.2 Å². The fraction of sp³-hybridized carbons (Fsp3) is 0.467. The summed E-state index contributed by atoms with van der Waals surface area (Å²) in [5, 5.41) is 12.7. The van der Waals surface area contributed by atoms with E-state index in [-0.39, 0.29) is 24.2 Å². The lowest BCUT2D eigenvalue weighted by atomic mass is 9.72. The maximum atomic E-state index is 12.2. The van der Waals surface area contributed by atoms with Crippen LogP contribution in [0.15, 0.2) is 30.3 Å². The van der Waals surface area contributed by atoms with Gasteiger partial charge < -0.3 is 20.7 Å². The molecule has 2 rings (SSSR count). The average Bonchev–Trinajstić information content (AvgIpc) is 2.49. The molecule has 1 aromatic rings. The van der Waals surface area contributed by atoms with Crippen LogP contribution in [0, 0.1) is 0 Å². The minimum absolute atomic E-state index is 0.0192. The fourth-order valence-corrected chi connectivity index (χ4v) is 2.57. The molecule has 118 valence electrons. The van der Waals surface area contributed by atoms with E-state index in [0.717, 1.165) is 0 Å². The first-order valence-electron chi connectivity index (χ1n) is 7.41. The zero-order valence-corrected chi connectivity index (χ0v) is 12.6. The molecular formula is C15H21BN2O4. The largest absolute Gasteiger partial charge is 0.478 e. The van der Waals surface area contributed by atoms with Gasteiger partial charge in [0.25, 0.3) is 0 Å². The lowest BCUT2D eigenvalue weighted by Crippen LogP contribution is -2.54. The number of amides is 1. The van der Waals surface area contributed by atoms with Crippen LogP contribution in [0.4, 0.5) is 0 Å². The first-order valence-corrected chi connectivity index (χ1v) is 7.41. The van der Waals surface area contributed by atoms with Gasteiger partial charge >= 0.3 is 7.12 Å². The van der Waals surface area contributed by atoms with Crippen LogP contribution in [0.1, 0.15) is 37.8 Å². The van der Waals surface area contributed by atoms with Crippen molar-refractivity contribution in [2.45, 2.75) is 44.3 Å². The van der Waals surface area contributed by atoms with Crippen LogP contribution in [-0.4, -0.2) is 35.9 Å². The van der Waals surface area contributed by atoms with E-state index in [4.69, 9.17) is 10.4 Å². The van der Waals surface area contributed by atoms with E-state index in [0.29, 0.717) is 18.4 Å². The van der Waals surface area contributed by atoms with Gasteiger partial charge in [0.2, 0.25) is 5.91 Å². The molecular weight excluding hydrogens is 283 g/mol. The van der Waals surface area contributed by atoms with E-state index in [1.165, 1.54) is 6.92 Å². The van der Waals surface area contributed by atoms with Crippen molar-refractivity contribution in [1.82, 2.24) is 5.32 Å². The molecule has 0 radical (unpaired) electrons. The number of carbonyl (C=O) groups excluding carboxylic acids is 2. The van der Waals surface area contributed by atoms with Gasteiger partial charge in [-0.05, 0) is 25.3 Å². The van der Waals surface area contributed by atoms with Gasteiger partial charge in [-0.25, -0.2) is 0 Å². The summed E-state index contributed by atoms with van der Waals surface area (Å²) in [4.78, 5) is 23.2. The highest BCUT2D eigenvalue weighted by Crippen LogP contribution is 2.19. The smallest absolute Gasteiger partial charge is 0.426 e. The van der Waals surface area contributed by atoms with Crippen molar-refractivity contribution >= 4 is 18.8 Å². The number of Topliss-reactive ketones (excluding diaryl/α,β-unsaturated/α-hetero) is 1. The van der Waals surface area contributed by atoms with Gasteiger partial charge in [0, 0.05) is 12.5 Å². The van der Waals surface area contributed by atoms with Crippen molar-refractivity contribution in [3.63, 3.8) is 0 Å². The Labute approximate surface area is 130 Å². The molecule has 7 heteroatoms. The molecule has 6 nitrogen and oxygen atoms in total. The first-order chi connectivity index (χ1) is 10.5. The molecule has 1 aromatic carbocycles. The molecule has 1 amide bonds. The molecule has 0 aromatic heterocycles. The highest BCUT2D eigenvalue weighted by atomic mass is 16.5. The molecule has 0 aliphatic carbocycles. The zero-order valence-electron chi connectivity index (χ0n) is 12.6. The third kappa shape index (κ3) is 4.40. The fourth-order valence-electron chi connectivity index (χ4n) is 2.57. The van der Waals surface area contributed by atoms with Crippen molar-refractivity contribution in [3.8, 4) is 0 Å². The van der Waals surface area contributed by atoms with Crippen molar-refractivity contribution in [3.05, 3.63) is 35.9 Å². The standard InChI is InChI=1S/C15H21BN2O4/c1-10(19)9-12-7-8-13(16(21)22-12)18-15(20)14(17)11-5-3-2-4-6-11/h2-6,12-14,21H,7-9,17H2,1H3,(H,18,20)/t12-,13-,14+/m0/s1. The highest BCUT2D eigenvalue weighted by Gasteiger charge is 2.37. The monoisotopic (exact) mass is 304 g/mol. The van der Waals surface area contributed by atoms with Gasteiger partial charge in [0.15, 0.2) is 0 Å². The minimum Gasteiger partial charge on any atom is -0.426 e. The van der Waals surface area contributed by atoms with E-state index in [1.54, 1.807) is 12.1 Å². The highest BCUT2D eigenvalue weighted by molar-refractivity contribution is 6.45. The summed E-state index contributed by atoms with van der Waals surface area (Å²) >= 11 is 0. The maximum absolute atomic E-state index is 12.2. The number of hydrogen-bond acceptors (Lipinski definition) is 5. The van der Waals surface area contributed by atoms with Crippen LogP contribution in [0.25, 0.3) is 0 Å². The summed E-state index contributed by atoms with van der Waals surface area (Å²) in [5.74, 6) is -0.847. The predicted molar refractivity (Wildman–Crippen MR) is 82.7 cm³/mol. The normalized spacial score (nSPS) is 23.0. The molecule has 0 bridgehead atoms. The van der Waals surface area contributed by atoms with E-state index in [1.807, 2.05) is 18.2 Å². The quantitative estimate of drug-likeness (QED) is 0.681. The Morgan fingerprint density at radius 2 is 2.09 bits per heavy atom. The van der Waals surface area contributed by atoms with E-state index < -0.39 is 19.1 Å². The molecule has 1 saturated heterocycles. The van der Waals surface area contributed by atoms with Crippen molar-refractivity contribution in [2.75, 3.05) is 0 Å². The molecule has 0 spiro atoms. The SMILES string of the molecule is CC(=O)C[C@@H]1CC[C@H](NC(=O)[C@H](N)c2ccccc2)B(O)O1. The molecule has 1 heterocycles. The second-order valence-corrected chi connectivity index (χ2v) is 5.64. The van der Waals surface area contributed by atoms with Crippen LogP contribution < -0.4 is 11.1 Å². The third-order valence-corrected chi connectivity index (χ3v) is 3.76. The Morgan fingerprint density at radius 3 is 2.68 bits per heavy atom. The van der Waals surface area contributed by atoms with E-state index in [9.17, 15) is 14.6 Å². The lowest BCUT2D eigenvalue weighted by Gasteiger charge is -2.31. The Bertz CT molecular complexity index is 526. The van der Waals surface area contributed by atoms with Gasteiger partial charge in [0.1, 0.15) is 11.8 Å². The molecule has 1 aliphatic heterocycles. The molecule has 3 atom stereocenters. The number of nitrogens with one attached hydrogen (secondary N) is 1. The number of hydrogen-bond donors (Lipinski definition) is 3. The second-order valence-electron chi connectivity index (χ2n) is 5.64. The zero-order chi connectivity index (χ0) is 16.1. The van der Waals surface area contributed by atoms with Gasteiger partial charge in [-0.15, -0.1) is 0 Å². The summed E-state index contributed by atoms with van der Waals surface area (Å²) < 4.78 is 5.38. The predicted octanol–water partition coefficient (Wildman–Crippen LogP) is 0.349. The Balaban J connectivity index is 1.88. The summed E-state index contributed by atoms with van der Waals surface area (Å²) in [6.07, 6.45) is 1.15. The summed E-state index contributed by atoms with van der Waals surface area (Å²) in [6, 6.07) is 8.24. The van der Waals surface area contributed by atoms with Crippen LogP contribution in [0.2, 0.25) is 0 Å². The molecule has 1 fully saturated rings. The van der Waals surface area contributed by atoms with Crippen molar-refractivity contribution < 1.29 is 19.3 Å². The maximum Gasteiger partial charge on any atom is 0.478 e. The van der Waals surface area contributed by atoms with Gasteiger partial charge in [-0.2, -0.15) is 0 Å². The minimum atomic E-state index is -1.12. The van der Waals surface area contributed by atoms with Crippen LogP contribution >= 0.6 is 0 Å². The van der Waals surface area contributed by atoms with Crippen molar-refractivity contribution in [2.24, 2.45) is 5.73 Å². The van der Waals surface area contributed by atoms with Gasteiger partial charge in [-0.1, -0.05) is 30.3 Å². The molecule has 0 saturated carbocycles. The van der Waals surface area contributed by atoms with E-state index >= 15 is 0 Å². The number of benzene rings is 1. The molecule has 1 aliphatic rings. The Hall–Kier alpha value is -1.70. The number of carbonyl (C=O) groups is 2. The van der Waals surface area contributed by atoms with Gasteiger partial charge in [-0.3, -0.25) is 9.59 Å². The average molecular weight is 304 g/mol. The van der Waals surface area contributed by atoms with Gasteiger partial charge in [0.05, 0.1) is 5.94 Å². The summed E-state index contributed by atoms with van der Waals surface area (Å²) in [6.45, 7) is 1.49. The molecule has 4 N–H and O–H groups in total. The number of nitrogens with two attached hydrogens (primary N) is 1. The third-order valence-electron chi connectivity index (χ3n) is 3.76. The summed E-state index contributed by atoms with van der Waals surface area (Å²) in [5.41, 5.74) is 6.62. The summed E-state index contributed by atoms with van der Waals surface area (Å²) in [7, 11) is -1.12. The number of ketones is 1. The first kappa shape index (κ1) is 16.7. The van der Waals surface area contributed by atoms with Crippen molar-refractivity contribution in [1.29, 1.82) is 0 Å². The molecule has 0 unspecified atom stereocenters. The van der Waals surface area contributed by atoms with Crippen LogP contribution in [0.3, 0.4) is 0 Å². The van der Waals surface area contributed by atoms with Crippen LogP contribution in [0.5, 0.6) is 0 Å². The van der Waals surface area contributed by atoms with E-state index in [2.05, 4.69) is 5.32 Å². The lowest BCUT2D eigenvalue weighted by molar-refractivity contribution is -0.123. The number of rotatable bonds is 5. The Morgan fingerprint density at radius 1 is 1.41 bits per heavy atom. The topological polar surface area (TPSA) is 102 Å². The Kier molecular flexibility index (Phi) is 5.71. The second kappa shape index (κ2) is 7.53.